The molecule has 0 aromatic heterocycles. The molecule has 0 amide bonds. The third kappa shape index (κ3) is 4.24. The van der Waals surface area contributed by atoms with Gasteiger partial charge in [-0.3, -0.25) is 4.79 Å². The summed E-state index contributed by atoms with van der Waals surface area (Å²) < 4.78 is 30.2. The molecule has 5 heteroatoms. The van der Waals surface area contributed by atoms with Gasteiger partial charge in [-0.25, -0.2) is 13.6 Å². The lowest BCUT2D eigenvalue weighted by Crippen LogP contribution is -2.18. The van der Waals surface area contributed by atoms with E-state index in [4.69, 9.17) is 0 Å². The highest BCUT2D eigenvalue weighted by Gasteiger charge is 2.23. The van der Waals surface area contributed by atoms with Crippen LogP contribution in [0.25, 0.3) is 0 Å². The minimum Gasteiger partial charge on any atom is -0.460 e. The van der Waals surface area contributed by atoms with Crippen molar-refractivity contribution in [1.29, 1.82) is 0 Å². The number of carbonyl (C=O) groups excluding carboxylic acids is 2. The average Bonchev–Trinajstić information content (AvgIpc) is 2.26. The van der Waals surface area contributed by atoms with E-state index < -0.39 is 24.1 Å². The summed E-state index contributed by atoms with van der Waals surface area (Å²) in [6.07, 6.45) is -0.475. The van der Waals surface area contributed by atoms with Crippen LogP contribution in [-0.2, 0) is 16.0 Å². The fourth-order valence-electron chi connectivity index (χ4n) is 1.50. The molecule has 18 heavy (non-hydrogen) atoms. The minimum atomic E-state index is -2.86. The van der Waals surface area contributed by atoms with Crippen molar-refractivity contribution in [3.8, 4) is 0 Å². The van der Waals surface area contributed by atoms with Gasteiger partial charge in [0.25, 0.3) is 5.78 Å². The largest absolute Gasteiger partial charge is 0.460 e. The Bertz CT molecular complexity index is 450. The first-order valence-corrected chi connectivity index (χ1v) is 5.51. The maximum Gasteiger partial charge on any atom is 0.379 e. The highest BCUT2D eigenvalue weighted by atomic mass is 19.3. The average molecular weight is 256 g/mol. The molecule has 0 saturated heterocycles. The lowest BCUT2D eigenvalue weighted by molar-refractivity contribution is -0.137. The zero-order valence-electron chi connectivity index (χ0n) is 10.2. The molecule has 3 nitrogen and oxygen atoms in total. The van der Waals surface area contributed by atoms with E-state index in [9.17, 15) is 18.4 Å². The highest BCUT2D eigenvalue weighted by Crippen LogP contribution is 2.19. The fourth-order valence-corrected chi connectivity index (χ4v) is 1.50. The third-order valence-electron chi connectivity index (χ3n) is 2.16. The summed E-state index contributed by atoms with van der Waals surface area (Å²) in [7, 11) is 0. The number of alkyl halides is 2. The third-order valence-corrected chi connectivity index (χ3v) is 2.16. The molecule has 1 aromatic rings. The Morgan fingerprint density at radius 3 is 2.56 bits per heavy atom. The molecular weight excluding hydrogens is 242 g/mol. The summed E-state index contributed by atoms with van der Waals surface area (Å²) in [6, 6.07) is 5.64. The molecule has 98 valence electrons. The van der Waals surface area contributed by atoms with Crippen molar-refractivity contribution in [2.75, 3.05) is 6.61 Å². The predicted molar refractivity (Wildman–Crippen MR) is 61.7 cm³/mol. The zero-order valence-corrected chi connectivity index (χ0v) is 10.2. The molecule has 0 unspecified atom stereocenters. The number of ketones is 1. The quantitative estimate of drug-likeness (QED) is 0.462. The van der Waals surface area contributed by atoms with E-state index in [0.29, 0.717) is 5.56 Å². The Hall–Kier alpha value is -1.78. The Balaban J connectivity index is 2.88. The molecule has 0 radical (unpaired) electrons. The minimum absolute atomic E-state index is 0.0650. The van der Waals surface area contributed by atoms with E-state index >= 15 is 0 Å². The number of Topliss-reactive ketones (excluding diaryl/α,β-unsaturated/α-hetero) is 1. The van der Waals surface area contributed by atoms with E-state index in [1.54, 1.807) is 6.92 Å². The Morgan fingerprint density at radius 1 is 1.33 bits per heavy atom. The van der Waals surface area contributed by atoms with Gasteiger partial charge < -0.3 is 4.74 Å². The van der Waals surface area contributed by atoms with E-state index in [-0.39, 0.29) is 12.2 Å². The van der Waals surface area contributed by atoms with Gasteiger partial charge in [-0.15, -0.1) is 0 Å². The van der Waals surface area contributed by atoms with Gasteiger partial charge in [-0.2, -0.15) is 0 Å². The Labute approximate surface area is 104 Å². The first kappa shape index (κ1) is 14.3. The molecule has 0 saturated carbocycles. The summed E-state index contributed by atoms with van der Waals surface area (Å²) in [5.74, 6) is -4.65. The molecule has 0 aliphatic rings. The number of halogens is 2. The van der Waals surface area contributed by atoms with Crippen molar-refractivity contribution in [2.45, 2.75) is 26.2 Å². The van der Waals surface area contributed by atoms with E-state index in [1.165, 1.54) is 24.3 Å². The van der Waals surface area contributed by atoms with Gasteiger partial charge in [-0.1, -0.05) is 18.2 Å². The lowest BCUT2D eigenvalue weighted by atomic mass is 10.0. The zero-order chi connectivity index (χ0) is 13.8. The smallest absolute Gasteiger partial charge is 0.379 e. The van der Waals surface area contributed by atoms with Crippen molar-refractivity contribution in [1.82, 2.24) is 0 Å². The Kier molecular flexibility index (Phi) is 4.53. The second-order valence-corrected chi connectivity index (χ2v) is 4.00. The number of esters is 1. The van der Waals surface area contributed by atoms with E-state index in [1.807, 2.05) is 0 Å². The molecule has 1 rings (SSSR count). The first-order chi connectivity index (χ1) is 8.33. The number of ether oxygens (including phenoxy) is 1. The molecule has 1 aromatic carbocycles. The van der Waals surface area contributed by atoms with Crippen LogP contribution in [0.4, 0.5) is 8.78 Å². The number of rotatable bonds is 5. The van der Waals surface area contributed by atoms with Crippen LogP contribution in [0, 0.1) is 0 Å². The molecule has 0 spiro atoms. The molecule has 0 aliphatic carbocycles. The van der Waals surface area contributed by atoms with Crippen LogP contribution >= 0.6 is 0 Å². The van der Waals surface area contributed by atoms with Crippen molar-refractivity contribution < 1.29 is 23.1 Å². The molecule has 0 N–H and O–H groups in total. The van der Waals surface area contributed by atoms with Crippen molar-refractivity contribution in [3.63, 3.8) is 0 Å². The van der Waals surface area contributed by atoms with Crippen LogP contribution in [0.5, 0.6) is 0 Å². The maximum absolute atomic E-state index is 12.8. The van der Waals surface area contributed by atoms with E-state index in [0.717, 1.165) is 6.92 Å². The van der Waals surface area contributed by atoms with Gasteiger partial charge in [0.15, 0.2) is 0 Å². The van der Waals surface area contributed by atoms with Crippen molar-refractivity contribution in [3.05, 3.63) is 35.4 Å². The second-order valence-electron chi connectivity index (χ2n) is 4.00. The molecule has 0 aliphatic heterocycles. The van der Waals surface area contributed by atoms with Gasteiger partial charge in [0.2, 0.25) is 5.92 Å². The first-order valence-electron chi connectivity index (χ1n) is 5.51. The van der Waals surface area contributed by atoms with Crippen LogP contribution in [0.1, 0.15) is 29.8 Å². The summed E-state index contributed by atoms with van der Waals surface area (Å²) in [5.41, 5.74) is 0.368. The Morgan fingerprint density at radius 2 is 2.00 bits per heavy atom. The number of carbonyl (C=O) groups is 2. The van der Waals surface area contributed by atoms with Gasteiger partial charge in [-0.05, 0) is 25.5 Å². The highest BCUT2D eigenvalue weighted by molar-refractivity contribution is 6.40. The van der Waals surface area contributed by atoms with Gasteiger partial charge in [0.05, 0.1) is 6.61 Å². The van der Waals surface area contributed by atoms with Gasteiger partial charge in [0.1, 0.15) is 0 Å². The summed E-state index contributed by atoms with van der Waals surface area (Å²) in [6.45, 7) is 2.48. The normalized spacial score (nSPS) is 11.1. The van der Waals surface area contributed by atoms with Crippen molar-refractivity contribution in [2.24, 2.45) is 0 Å². The number of hydrogen-bond acceptors (Lipinski definition) is 3. The van der Waals surface area contributed by atoms with Crippen molar-refractivity contribution >= 4 is 11.8 Å². The standard InChI is InChI=1S/C13H14F2O3/c1-3-18-12(17)11(16)10-6-4-5-9(7-10)8-13(2,14)15/h4-7H,3,8H2,1-2H3. The molecular formula is C13H14F2O3. The van der Waals surface area contributed by atoms with Gasteiger partial charge in [0, 0.05) is 12.0 Å². The van der Waals surface area contributed by atoms with Crippen LogP contribution in [-0.4, -0.2) is 24.3 Å². The summed E-state index contributed by atoms with van der Waals surface area (Å²) in [5, 5.41) is 0. The van der Waals surface area contributed by atoms with Crippen LogP contribution in [0.2, 0.25) is 0 Å². The maximum atomic E-state index is 12.8. The SMILES string of the molecule is CCOC(=O)C(=O)c1cccc(CC(C)(F)F)c1. The monoisotopic (exact) mass is 256 g/mol. The molecule has 0 fully saturated rings. The lowest BCUT2D eigenvalue weighted by Gasteiger charge is -2.10. The summed E-state index contributed by atoms with van der Waals surface area (Å²) >= 11 is 0. The van der Waals surface area contributed by atoms with E-state index in [2.05, 4.69) is 4.74 Å². The topological polar surface area (TPSA) is 43.4 Å². The second kappa shape index (κ2) is 5.71. The van der Waals surface area contributed by atoms with Crippen LogP contribution < -0.4 is 0 Å². The molecule has 0 bridgehead atoms. The number of hydrogen-bond donors (Lipinski definition) is 0. The van der Waals surface area contributed by atoms with Gasteiger partial charge >= 0.3 is 5.97 Å². The number of benzene rings is 1. The summed E-state index contributed by atoms with van der Waals surface area (Å²) in [4.78, 5) is 22.8. The van der Waals surface area contributed by atoms with Crippen LogP contribution in [0.3, 0.4) is 0 Å². The molecule has 0 heterocycles. The fraction of sp³-hybridized carbons (Fsp3) is 0.385. The van der Waals surface area contributed by atoms with Crippen LogP contribution in [0.15, 0.2) is 24.3 Å². The predicted octanol–water partition coefficient (Wildman–Crippen LogP) is 2.63. The molecule has 0 atom stereocenters.